The van der Waals surface area contributed by atoms with Gasteiger partial charge in [-0.05, 0) is 6.42 Å². The van der Waals surface area contributed by atoms with E-state index in [-0.39, 0.29) is 5.92 Å². The first-order valence-corrected chi connectivity index (χ1v) is 5.10. The second-order valence-corrected chi connectivity index (χ2v) is 3.49. The molecule has 0 saturated carbocycles. The molecule has 0 radical (unpaired) electrons. The molecule has 0 aliphatic rings. The molecule has 2 aromatic rings. The Morgan fingerprint density at radius 1 is 1.54 bits per heavy atom. The maximum Gasteiger partial charge on any atom is 0.0915 e. The summed E-state index contributed by atoms with van der Waals surface area (Å²) in [4.78, 5) is 4.28. The number of rotatable bonds is 3. The highest BCUT2D eigenvalue weighted by atomic mass is 32.1. The van der Waals surface area contributed by atoms with Crippen LogP contribution in [0.1, 0.15) is 30.7 Å². The Labute approximate surface area is 80.0 Å². The number of aromatic amines is 1. The van der Waals surface area contributed by atoms with E-state index in [2.05, 4.69) is 32.7 Å². The summed E-state index contributed by atoms with van der Waals surface area (Å²) in [7, 11) is 0. The van der Waals surface area contributed by atoms with Crippen molar-refractivity contribution in [2.45, 2.75) is 19.3 Å². The molecule has 0 spiro atoms. The molecule has 0 fully saturated rings. The Morgan fingerprint density at radius 2 is 2.46 bits per heavy atom. The van der Waals surface area contributed by atoms with E-state index in [9.17, 15) is 0 Å². The van der Waals surface area contributed by atoms with E-state index in [4.69, 9.17) is 0 Å². The third kappa shape index (κ3) is 1.60. The molecule has 13 heavy (non-hydrogen) atoms. The van der Waals surface area contributed by atoms with Gasteiger partial charge in [-0.25, -0.2) is 4.98 Å². The minimum Gasteiger partial charge on any atom is -0.249 e. The summed E-state index contributed by atoms with van der Waals surface area (Å²) >= 11 is 1.61. The highest BCUT2D eigenvalue weighted by Crippen LogP contribution is 2.24. The monoisotopic (exact) mass is 194 g/mol. The van der Waals surface area contributed by atoms with Gasteiger partial charge in [0.2, 0.25) is 0 Å². The zero-order valence-electron chi connectivity index (χ0n) is 7.27. The van der Waals surface area contributed by atoms with Gasteiger partial charge >= 0.3 is 0 Å². The quantitative estimate of drug-likeness (QED) is 0.810. The number of nitrogens with zero attached hydrogens (tertiary/aromatic N) is 3. The van der Waals surface area contributed by atoms with E-state index < -0.39 is 0 Å². The zero-order valence-corrected chi connectivity index (χ0v) is 8.08. The maximum atomic E-state index is 4.28. The van der Waals surface area contributed by atoms with Crippen LogP contribution in [0.4, 0.5) is 0 Å². The fraction of sp³-hybridized carbons (Fsp3) is 0.375. The molecule has 2 heterocycles. The molecule has 0 aliphatic heterocycles. The predicted molar refractivity (Wildman–Crippen MR) is 50.6 cm³/mol. The van der Waals surface area contributed by atoms with Crippen LogP contribution in [0.25, 0.3) is 0 Å². The number of H-pyrrole nitrogens is 1. The van der Waals surface area contributed by atoms with Crippen LogP contribution in [0.5, 0.6) is 0 Å². The predicted octanol–water partition coefficient (Wildman–Crippen LogP) is 1.80. The first-order valence-electron chi connectivity index (χ1n) is 4.15. The van der Waals surface area contributed by atoms with Crippen molar-refractivity contribution in [1.82, 2.24) is 20.4 Å². The number of nitrogens with one attached hydrogen (secondary N) is 1. The lowest BCUT2D eigenvalue weighted by Crippen LogP contribution is -2.00. The SMILES string of the molecule is CCC(c1cscn1)c1cn[nH]n1. The molecule has 1 N–H and O–H groups in total. The molecule has 0 bridgehead atoms. The van der Waals surface area contributed by atoms with Gasteiger partial charge in [0, 0.05) is 11.3 Å². The summed E-state index contributed by atoms with van der Waals surface area (Å²) in [5.41, 5.74) is 3.90. The third-order valence-corrected chi connectivity index (χ3v) is 2.61. The lowest BCUT2D eigenvalue weighted by atomic mass is 10.0. The molecule has 1 atom stereocenters. The molecular formula is C8H10N4S. The van der Waals surface area contributed by atoms with Crippen molar-refractivity contribution in [3.8, 4) is 0 Å². The summed E-state index contributed by atoms with van der Waals surface area (Å²) < 4.78 is 0. The fourth-order valence-electron chi connectivity index (χ4n) is 1.34. The first-order chi connectivity index (χ1) is 6.42. The number of aromatic nitrogens is 4. The average Bonchev–Trinajstić information content (AvgIpc) is 2.76. The summed E-state index contributed by atoms with van der Waals surface area (Å²) in [6.45, 7) is 2.12. The van der Waals surface area contributed by atoms with Crippen LogP contribution in [0, 0.1) is 0 Å². The van der Waals surface area contributed by atoms with Crippen molar-refractivity contribution in [2.75, 3.05) is 0 Å². The van der Waals surface area contributed by atoms with E-state index in [1.54, 1.807) is 17.5 Å². The minimum atomic E-state index is 0.282. The lowest BCUT2D eigenvalue weighted by molar-refractivity contribution is 0.724. The van der Waals surface area contributed by atoms with E-state index in [1.807, 2.05) is 5.51 Å². The smallest absolute Gasteiger partial charge is 0.0915 e. The fourth-order valence-corrected chi connectivity index (χ4v) is 1.95. The van der Waals surface area contributed by atoms with Crippen LogP contribution < -0.4 is 0 Å². The molecule has 2 aromatic heterocycles. The molecular weight excluding hydrogens is 184 g/mol. The van der Waals surface area contributed by atoms with Crippen molar-refractivity contribution >= 4 is 11.3 Å². The van der Waals surface area contributed by atoms with Gasteiger partial charge < -0.3 is 0 Å². The second-order valence-electron chi connectivity index (χ2n) is 2.77. The molecule has 0 aromatic carbocycles. The van der Waals surface area contributed by atoms with Gasteiger partial charge in [0.25, 0.3) is 0 Å². The second kappa shape index (κ2) is 3.66. The molecule has 5 heteroatoms. The zero-order chi connectivity index (χ0) is 9.10. The van der Waals surface area contributed by atoms with E-state index >= 15 is 0 Å². The summed E-state index contributed by atoms with van der Waals surface area (Å²) in [6.07, 6.45) is 2.75. The molecule has 1 unspecified atom stereocenters. The van der Waals surface area contributed by atoms with Crippen molar-refractivity contribution < 1.29 is 0 Å². The Kier molecular flexibility index (Phi) is 2.35. The Hall–Kier alpha value is -1.23. The highest BCUT2D eigenvalue weighted by Gasteiger charge is 2.15. The highest BCUT2D eigenvalue weighted by molar-refractivity contribution is 7.07. The maximum absolute atomic E-state index is 4.28. The Balaban J connectivity index is 2.29. The van der Waals surface area contributed by atoms with Crippen LogP contribution in [-0.4, -0.2) is 20.4 Å². The number of hydrogen-bond acceptors (Lipinski definition) is 4. The molecule has 68 valence electrons. The van der Waals surface area contributed by atoms with Gasteiger partial charge in [-0.1, -0.05) is 6.92 Å². The van der Waals surface area contributed by atoms with Crippen LogP contribution in [0.3, 0.4) is 0 Å². The van der Waals surface area contributed by atoms with Crippen LogP contribution >= 0.6 is 11.3 Å². The van der Waals surface area contributed by atoms with E-state index in [1.165, 1.54) is 0 Å². The first kappa shape index (κ1) is 8.37. The normalized spacial score (nSPS) is 13.0. The summed E-state index contributed by atoms with van der Waals surface area (Å²) in [5, 5.41) is 12.6. The van der Waals surface area contributed by atoms with Crippen LogP contribution in [0.2, 0.25) is 0 Å². The number of thiazole rings is 1. The van der Waals surface area contributed by atoms with E-state index in [0.717, 1.165) is 17.8 Å². The van der Waals surface area contributed by atoms with Gasteiger partial charge in [0.15, 0.2) is 0 Å². The van der Waals surface area contributed by atoms with Crippen molar-refractivity contribution in [1.29, 1.82) is 0 Å². The van der Waals surface area contributed by atoms with Crippen LogP contribution in [0.15, 0.2) is 17.1 Å². The molecule has 4 nitrogen and oxygen atoms in total. The average molecular weight is 194 g/mol. The molecule has 0 saturated heterocycles. The van der Waals surface area contributed by atoms with Crippen molar-refractivity contribution in [2.24, 2.45) is 0 Å². The lowest BCUT2D eigenvalue weighted by Gasteiger charge is -2.06. The standard InChI is InChI=1S/C8H10N4S/c1-2-6(7-3-10-12-11-7)8-4-13-5-9-8/h3-6H,2H2,1H3,(H,10,11,12). The largest absolute Gasteiger partial charge is 0.249 e. The molecule has 0 amide bonds. The Morgan fingerprint density at radius 3 is 3.00 bits per heavy atom. The van der Waals surface area contributed by atoms with Crippen molar-refractivity contribution in [3.63, 3.8) is 0 Å². The van der Waals surface area contributed by atoms with Crippen LogP contribution in [-0.2, 0) is 0 Å². The minimum absolute atomic E-state index is 0.282. The van der Waals surface area contributed by atoms with Gasteiger partial charge in [-0.15, -0.1) is 11.3 Å². The Bertz CT molecular complexity index is 306. The van der Waals surface area contributed by atoms with Crippen molar-refractivity contribution in [3.05, 3.63) is 28.5 Å². The number of hydrogen-bond donors (Lipinski definition) is 1. The van der Waals surface area contributed by atoms with E-state index in [0.29, 0.717) is 0 Å². The molecule has 2 rings (SSSR count). The third-order valence-electron chi connectivity index (χ3n) is 2.01. The van der Waals surface area contributed by atoms with Gasteiger partial charge in [0.1, 0.15) is 0 Å². The summed E-state index contributed by atoms with van der Waals surface area (Å²) in [5.74, 6) is 0.282. The van der Waals surface area contributed by atoms with Gasteiger partial charge in [0.05, 0.1) is 23.1 Å². The molecule has 0 aliphatic carbocycles. The van der Waals surface area contributed by atoms with Gasteiger partial charge in [-0.2, -0.15) is 15.4 Å². The summed E-state index contributed by atoms with van der Waals surface area (Å²) in [6, 6.07) is 0. The topological polar surface area (TPSA) is 54.5 Å². The van der Waals surface area contributed by atoms with Gasteiger partial charge in [-0.3, -0.25) is 0 Å².